The third-order valence-electron chi connectivity index (χ3n) is 6.08. The lowest BCUT2D eigenvalue weighted by Crippen LogP contribution is -2.49. The van der Waals surface area contributed by atoms with Gasteiger partial charge in [0.1, 0.15) is 11.8 Å². The molecule has 0 unspecified atom stereocenters. The van der Waals surface area contributed by atoms with Gasteiger partial charge in [-0.25, -0.2) is 0 Å². The summed E-state index contributed by atoms with van der Waals surface area (Å²) in [6.07, 6.45) is 4.00. The maximum Gasteiger partial charge on any atom is 0.261 e. The quantitative estimate of drug-likeness (QED) is 0.467. The van der Waals surface area contributed by atoms with Gasteiger partial charge in [0.05, 0.1) is 24.2 Å². The average molecular weight is 492 g/mol. The van der Waals surface area contributed by atoms with Crippen molar-refractivity contribution in [2.75, 3.05) is 18.6 Å². The molecule has 1 aliphatic rings. The Balaban J connectivity index is 1.70. The number of nitrogens with zero attached hydrogens (tertiary/aromatic N) is 1. The van der Waals surface area contributed by atoms with E-state index in [9.17, 15) is 14.4 Å². The van der Waals surface area contributed by atoms with E-state index in [2.05, 4.69) is 10.6 Å². The van der Waals surface area contributed by atoms with Crippen molar-refractivity contribution in [2.45, 2.75) is 37.8 Å². The number of para-hydroxylation sites is 2. The number of benzene rings is 2. The Bertz CT molecular complexity index is 1140. The van der Waals surface area contributed by atoms with Crippen LogP contribution in [0, 0.1) is 0 Å². The van der Waals surface area contributed by atoms with Gasteiger partial charge in [-0.15, -0.1) is 11.3 Å². The fourth-order valence-electron chi connectivity index (χ4n) is 4.39. The average Bonchev–Trinajstić information content (AvgIpc) is 3.61. The molecule has 1 atom stereocenters. The highest BCUT2D eigenvalue weighted by Gasteiger charge is 2.35. The first-order chi connectivity index (χ1) is 17.1. The minimum Gasteiger partial charge on any atom is -0.495 e. The number of hydrogen-bond acceptors (Lipinski definition) is 5. The van der Waals surface area contributed by atoms with Crippen LogP contribution in [0.15, 0.2) is 72.1 Å². The molecule has 1 heterocycles. The largest absolute Gasteiger partial charge is 0.495 e. The van der Waals surface area contributed by atoms with E-state index in [-0.39, 0.29) is 24.4 Å². The first-order valence-electron chi connectivity index (χ1n) is 11.7. The summed E-state index contributed by atoms with van der Waals surface area (Å²) in [6, 6.07) is 18.9. The normalized spacial score (nSPS) is 14.2. The van der Waals surface area contributed by atoms with Crippen LogP contribution in [0.1, 0.15) is 47.0 Å². The highest BCUT2D eigenvalue weighted by Crippen LogP contribution is 2.35. The zero-order valence-electron chi connectivity index (χ0n) is 19.6. The van der Waals surface area contributed by atoms with Crippen LogP contribution in [-0.2, 0) is 9.59 Å². The molecule has 4 rings (SSSR count). The van der Waals surface area contributed by atoms with Crippen LogP contribution in [0.5, 0.6) is 5.75 Å². The van der Waals surface area contributed by atoms with Crippen molar-refractivity contribution in [1.82, 2.24) is 10.6 Å². The molecule has 2 N–H and O–H groups in total. The van der Waals surface area contributed by atoms with Gasteiger partial charge in [-0.1, -0.05) is 61.4 Å². The van der Waals surface area contributed by atoms with Gasteiger partial charge < -0.3 is 15.4 Å². The Morgan fingerprint density at radius 1 is 1.00 bits per heavy atom. The predicted molar refractivity (Wildman–Crippen MR) is 137 cm³/mol. The van der Waals surface area contributed by atoms with Gasteiger partial charge in [0.15, 0.2) is 0 Å². The lowest BCUT2D eigenvalue weighted by atomic mass is 10.0. The summed E-state index contributed by atoms with van der Waals surface area (Å²) in [4.78, 5) is 41.9. The number of hydrogen-bond donors (Lipinski definition) is 2. The summed E-state index contributed by atoms with van der Waals surface area (Å²) in [5.41, 5.74) is 1.13. The molecule has 0 bridgehead atoms. The van der Waals surface area contributed by atoms with E-state index in [1.54, 1.807) is 41.8 Å². The topological polar surface area (TPSA) is 87.7 Å². The molecule has 3 aromatic rings. The fourth-order valence-corrected chi connectivity index (χ4v) is 5.03. The van der Waals surface area contributed by atoms with Gasteiger partial charge in [0.2, 0.25) is 11.8 Å². The number of carbonyl (C=O) groups is 3. The summed E-state index contributed by atoms with van der Waals surface area (Å²) >= 11 is 1.30. The van der Waals surface area contributed by atoms with Crippen LogP contribution in [0.3, 0.4) is 0 Å². The number of nitrogens with one attached hydrogen (secondary N) is 2. The SMILES string of the molecule is COc1ccccc1N(C(=O)CNC(=O)c1cccs1)[C@@H](C(=O)NC1CCCC1)c1ccccc1. The van der Waals surface area contributed by atoms with Crippen LogP contribution in [0.25, 0.3) is 0 Å². The van der Waals surface area contributed by atoms with Crippen molar-refractivity contribution in [2.24, 2.45) is 0 Å². The van der Waals surface area contributed by atoms with Crippen molar-refractivity contribution in [3.63, 3.8) is 0 Å². The lowest BCUT2D eigenvalue weighted by molar-refractivity contribution is -0.126. The highest BCUT2D eigenvalue weighted by molar-refractivity contribution is 7.12. The molecule has 8 heteroatoms. The summed E-state index contributed by atoms with van der Waals surface area (Å²) in [7, 11) is 1.52. The molecule has 1 saturated carbocycles. The van der Waals surface area contributed by atoms with Gasteiger partial charge in [-0.3, -0.25) is 19.3 Å². The summed E-state index contributed by atoms with van der Waals surface area (Å²) in [5.74, 6) is -0.554. The van der Waals surface area contributed by atoms with E-state index in [0.717, 1.165) is 25.7 Å². The van der Waals surface area contributed by atoms with Crippen LogP contribution < -0.4 is 20.3 Å². The molecule has 0 radical (unpaired) electrons. The third-order valence-corrected chi connectivity index (χ3v) is 6.95. The van der Waals surface area contributed by atoms with Gasteiger partial charge in [0, 0.05) is 6.04 Å². The molecule has 182 valence electrons. The first-order valence-corrected chi connectivity index (χ1v) is 12.6. The van der Waals surface area contributed by atoms with Crippen LogP contribution in [-0.4, -0.2) is 37.4 Å². The third kappa shape index (κ3) is 5.89. The number of ether oxygens (including phenoxy) is 1. The molecule has 0 aliphatic heterocycles. The molecule has 1 aliphatic carbocycles. The van der Waals surface area contributed by atoms with Crippen molar-refractivity contribution >= 4 is 34.7 Å². The maximum absolute atomic E-state index is 13.7. The second-order valence-corrected chi connectivity index (χ2v) is 9.35. The van der Waals surface area contributed by atoms with E-state index < -0.39 is 11.9 Å². The molecule has 1 aromatic heterocycles. The van der Waals surface area contributed by atoms with Crippen molar-refractivity contribution in [1.29, 1.82) is 0 Å². The summed E-state index contributed by atoms with van der Waals surface area (Å²) in [5, 5.41) is 7.65. The molecular weight excluding hydrogens is 462 g/mol. The van der Waals surface area contributed by atoms with E-state index in [1.807, 2.05) is 30.3 Å². The number of thiophene rings is 1. The van der Waals surface area contributed by atoms with Crippen LogP contribution in [0.2, 0.25) is 0 Å². The van der Waals surface area contributed by atoms with Crippen LogP contribution >= 0.6 is 11.3 Å². The number of rotatable bonds is 9. The Morgan fingerprint density at radius 3 is 2.40 bits per heavy atom. The second kappa shape index (κ2) is 11.7. The zero-order valence-corrected chi connectivity index (χ0v) is 20.4. The number of methoxy groups -OCH3 is 1. The van der Waals surface area contributed by atoms with E-state index in [4.69, 9.17) is 4.74 Å². The van der Waals surface area contributed by atoms with Gasteiger partial charge >= 0.3 is 0 Å². The number of anilines is 1. The standard InChI is InChI=1S/C27H29N3O4S/c1-34-22-15-8-7-14-21(22)30(24(31)18-28-26(32)23-16-9-17-35-23)25(19-10-3-2-4-11-19)27(33)29-20-12-5-6-13-20/h2-4,7-11,14-17,20,25H,5-6,12-13,18H2,1H3,(H,28,32)(H,29,33)/t25-/m1/s1. The first kappa shape index (κ1) is 24.5. The monoisotopic (exact) mass is 491 g/mol. The molecular formula is C27H29N3O4S. The lowest BCUT2D eigenvalue weighted by Gasteiger charge is -2.33. The van der Waals surface area contributed by atoms with E-state index in [0.29, 0.717) is 21.9 Å². The van der Waals surface area contributed by atoms with Crippen molar-refractivity contribution < 1.29 is 19.1 Å². The van der Waals surface area contributed by atoms with Gasteiger partial charge in [-0.2, -0.15) is 0 Å². The van der Waals surface area contributed by atoms with Gasteiger partial charge in [0.25, 0.3) is 5.91 Å². The second-order valence-electron chi connectivity index (χ2n) is 8.40. The fraction of sp³-hybridized carbons (Fsp3) is 0.296. The molecule has 1 fully saturated rings. The highest BCUT2D eigenvalue weighted by atomic mass is 32.1. The van der Waals surface area contributed by atoms with Crippen LogP contribution in [0.4, 0.5) is 5.69 Å². The Kier molecular flexibility index (Phi) is 8.15. The maximum atomic E-state index is 13.7. The Hall–Kier alpha value is -3.65. The minimum atomic E-state index is -0.931. The van der Waals surface area contributed by atoms with E-state index >= 15 is 0 Å². The molecule has 35 heavy (non-hydrogen) atoms. The molecule has 2 aromatic carbocycles. The minimum absolute atomic E-state index is 0.0851. The zero-order chi connectivity index (χ0) is 24.6. The molecule has 7 nitrogen and oxygen atoms in total. The Morgan fingerprint density at radius 2 is 1.71 bits per heavy atom. The number of amides is 3. The van der Waals surface area contributed by atoms with Crippen molar-refractivity contribution in [3.05, 3.63) is 82.6 Å². The number of carbonyl (C=O) groups excluding carboxylic acids is 3. The Labute approximate surface area is 209 Å². The molecule has 3 amide bonds. The van der Waals surface area contributed by atoms with Crippen molar-refractivity contribution in [3.8, 4) is 5.75 Å². The van der Waals surface area contributed by atoms with Gasteiger partial charge in [-0.05, 0) is 42.0 Å². The van der Waals surface area contributed by atoms with E-state index in [1.165, 1.54) is 23.3 Å². The smallest absolute Gasteiger partial charge is 0.261 e. The predicted octanol–water partition coefficient (Wildman–Crippen LogP) is 4.32. The summed E-state index contributed by atoms with van der Waals surface area (Å²) in [6.45, 7) is -0.269. The summed E-state index contributed by atoms with van der Waals surface area (Å²) < 4.78 is 5.55. The molecule has 0 spiro atoms. The molecule has 0 saturated heterocycles.